The molecule has 0 atom stereocenters. The van der Waals surface area contributed by atoms with E-state index in [0.717, 1.165) is 5.56 Å². The number of benzene rings is 2. The first-order chi connectivity index (χ1) is 11.7. The minimum atomic E-state index is -0.518. The number of cyclic esters (lactones) is 1. The topological polar surface area (TPSA) is 38.7 Å². The number of hydrogen-bond acceptors (Lipinski definition) is 3. The monoisotopic (exact) mass is 401 g/mol. The van der Waals surface area contributed by atoms with Gasteiger partial charge < -0.3 is 4.74 Å². The molecule has 0 unspecified atom stereocenters. The van der Waals surface area contributed by atoms with Gasteiger partial charge in [-0.3, -0.25) is 0 Å². The fraction of sp³-hybridized carbons (Fsp3) is 0.200. The van der Waals surface area contributed by atoms with Gasteiger partial charge >= 0.3 is 5.97 Å². The number of aliphatic imine (C=N–C) groups is 1. The van der Waals surface area contributed by atoms with E-state index >= 15 is 0 Å². The van der Waals surface area contributed by atoms with Crippen molar-refractivity contribution in [1.82, 2.24) is 0 Å². The third kappa shape index (κ3) is 3.87. The molecule has 0 aromatic heterocycles. The molecule has 2 aromatic carbocycles. The number of carbonyl (C=O) groups is 1. The number of hydrogen-bond donors (Lipinski definition) is 0. The molecule has 0 saturated heterocycles. The lowest BCUT2D eigenvalue weighted by Crippen LogP contribution is -2.11. The molecule has 25 heavy (non-hydrogen) atoms. The Morgan fingerprint density at radius 2 is 1.80 bits per heavy atom. The molecule has 1 heterocycles. The van der Waals surface area contributed by atoms with Crippen LogP contribution in [0.25, 0.3) is 6.08 Å². The van der Waals surface area contributed by atoms with Gasteiger partial charge in [0.1, 0.15) is 5.82 Å². The van der Waals surface area contributed by atoms with E-state index in [1.54, 1.807) is 18.2 Å². The van der Waals surface area contributed by atoms with Crippen molar-refractivity contribution >= 4 is 33.9 Å². The van der Waals surface area contributed by atoms with Gasteiger partial charge in [-0.25, -0.2) is 14.2 Å². The molecule has 0 bridgehead atoms. The van der Waals surface area contributed by atoms with Crippen LogP contribution < -0.4 is 0 Å². The predicted octanol–water partition coefficient (Wildman–Crippen LogP) is 5.23. The van der Waals surface area contributed by atoms with Gasteiger partial charge in [0.15, 0.2) is 5.70 Å². The first kappa shape index (κ1) is 17.5. The van der Waals surface area contributed by atoms with Crippen LogP contribution in [-0.2, 0) is 14.9 Å². The van der Waals surface area contributed by atoms with Gasteiger partial charge in [-0.1, -0.05) is 39.0 Å². The smallest absolute Gasteiger partial charge is 0.363 e. The molecule has 0 spiro atoms. The molecule has 0 radical (unpaired) electrons. The molecule has 0 saturated carbocycles. The average Bonchev–Trinajstić information content (AvgIpc) is 2.91. The second kappa shape index (κ2) is 6.56. The Morgan fingerprint density at radius 1 is 1.12 bits per heavy atom. The zero-order valence-corrected chi connectivity index (χ0v) is 15.7. The van der Waals surface area contributed by atoms with Crippen LogP contribution in [0.4, 0.5) is 4.39 Å². The van der Waals surface area contributed by atoms with Gasteiger partial charge in [-0.15, -0.1) is 0 Å². The van der Waals surface area contributed by atoms with Crippen molar-refractivity contribution in [3.63, 3.8) is 0 Å². The molecule has 1 aliphatic rings. The molecule has 2 aromatic rings. The number of nitrogens with zero attached hydrogens (tertiary/aromatic N) is 1. The summed E-state index contributed by atoms with van der Waals surface area (Å²) in [5.74, 6) is -0.604. The molecule has 3 rings (SSSR count). The maximum absolute atomic E-state index is 13.3. The SMILES string of the molecule is CC(C)(C)c1ccc(C2=N/C(=C\c3ccc(F)c(Br)c3)C(=O)O2)cc1. The Bertz CT molecular complexity index is 893. The van der Waals surface area contributed by atoms with Crippen molar-refractivity contribution in [2.45, 2.75) is 26.2 Å². The van der Waals surface area contributed by atoms with Gasteiger partial charge in [-0.05, 0) is 62.8 Å². The Kier molecular flexibility index (Phi) is 4.60. The van der Waals surface area contributed by atoms with E-state index in [0.29, 0.717) is 10.0 Å². The van der Waals surface area contributed by atoms with Crippen LogP contribution in [0, 0.1) is 5.82 Å². The lowest BCUT2D eigenvalue weighted by molar-refractivity contribution is -0.129. The van der Waals surface area contributed by atoms with E-state index in [4.69, 9.17) is 4.74 Å². The highest BCUT2D eigenvalue weighted by Gasteiger charge is 2.24. The maximum Gasteiger partial charge on any atom is 0.363 e. The molecular weight excluding hydrogens is 385 g/mol. The number of rotatable bonds is 2. The minimum absolute atomic E-state index is 0.0493. The quantitative estimate of drug-likeness (QED) is 0.510. The molecule has 0 N–H and O–H groups in total. The summed E-state index contributed by atoms with van der Waals surface area (Å²) >= 11 is 3.13. The summed E-state index contributed by atoms with van der Waals surface area (Å²) in [7, 11) is 0. The van der Waals surface area contributed by atoms with E-state index in [-0.39, 0.29) is 22.8 Å². The van der Waals surface area contributed by atoms with Crippen LogP contribution in [0.1, 0.15) is 37.5 Å². The van der Waals surface area contributed by atoms with Crippen molar-refractivity contribution < 1.29 is 13.9 Å². The Balaban J connectivity index is 1.89. The van der Waals surface area contributed by atoms with E-state index in [9.17, 15) is 9.18 Å². The van der Waals surface area contributed by atoms with Gasteiger partial charge in [0.2, 0.25) is 5.90 Å². The molecule has 0 fully saturated rings. The van der Waals surface area contributed by atoms with Crippen molar-refractivity contribution in [2.75, 3.05) is 0 Å². The van der Waals surface area contributed by atoms with Gasteiger partial charge in [0.25, 0.3) is 0 Å². The van der Waals surface area contributed by atoms with Crippen LogP contribution >= 0.6 is 15.9 Å². The molecule has 1 aliphatic heterocycles. The third-order valence-electron chi connectivity index (χ3n) is 3.87. The van der Waals surface area contributed by atoms with E-state index in [1.165, 1.54) is 11.6 Å². The summed E-state index contributed by atoms with van der Waals surface area (Å²) in [5, 5.41) is 0. The summed E-state index contributed by atoms with van der Waals surface area (Å²) in [6, 6.07) is 12.3. The van der Waals surface area contributed by atoms with E-state index in [1.807, 2.05) is 24.3 Å². The van der Waals surface area contributed by atoms with E-state index in [2.05, 4.69) is 41.7 Å². The Morgan fingerprint density at radius 3 is 2.40 bits per heavy atom. The summed E-state index contributed by atoms with van der Waals surface area (Å²) in [5.41, 5.74) is 2.83. The highest BCUT2D eigenvalue weighted by atomic mass is 79.9. The van der Waals surface area contributed by atoms with Crippen LogP contribution in [0.3, 0.4) is 0 Å². The van der Waals surface area contributed by atoms with Crippen LogP contribution in [-0.4, -0.2) is 11.9 Å². The Hall–Kier alpha value is -2.27. The van der Waals surface area contributed by atoms with Crippen molar-refractivity contribution in [3.05, 3.63) is 75.1 Å². The van der Waals surface area contributed by atoms with Gasteiger partial charge in [0.05, 0.1) is 4.47 Å². The predicted molar refractivity (Wildman–Crippen MR) is 99.8 cm³/mol. The van der Waals surface area contributed by atoms with Crippen molar-refractivity contribution in [3.8, 4) is 0 Å². The number of halogens is 2. The van der Waals surface area contributed by atoms with Crippen LogP contribution in [0.15, 0.2) is 57.6 Å². The maximum atomic E-state index is 13.3. The fourth-order valence-corrected chi connectivity index (χ4v) is 2.80. The highest BCUT2D eigenvalue weighted by Crippen LogP contribution is 2.25. The zero-order valence-electron chi connectivity index (χ0n) is 14.1. The lowest BCUT2D eigenvalue weighted by atomic mass is 9.87. The molecule has 5 heteroatoms. The summed E-state index contributed by atoms with van der Waals surface area (Å²) in [6.45, 7) is 6.41. The zero-order chi connectivity index (χ0) is 18.2. The second-order valence-corrected chi connectivity index (χ2v) is 7.69. The third-order valence-corrected chi connectivity index (χ3v) is 4.47. The standard InChI is InChI=1S/C20H17BrFNO2/c1-20(2,3)14-7-5-13(6-8-14)18-23-17(19(24)25-18)11-12-4-9-16(22)15(21)10-12/h4-11H,1-3H3/b17-11-. The molecule has 0 amide bonds. The van der Waals surface area contributed by atoms with Crippen molar-refractivity contribution in [2.24, 2.45) is 4.99 Å². The molecular formula is C20H17BrFNO2. The lowest BCUT2D eigenvalue weighted by Gasteiger charge is -2.18. The summed E-state index contributed by atoms with van der Waals surface area (Å²) in [6.07, 6.45) is 1.57. The average molecular weight is 402 g/mol. The number of ether oxygens (including phenoxy) is 1. The minimum Gasteiger partial charge on any atom is -0.402 e. The molecule has 3 nitrogen and oxygen atoms in total. The highest BCUT2D eigenvalue weighted by molar-refractivity contribution is 9.10. The second-order valence-electron chi connectivity index (χ2n) is 6.84. The first-order valence-corrected chi connectivity index (χ1v) is 8.62. The summed E-state index contributed by atoms with van der Waals surface area (Å²) in [4.78, 5) is 16.3. The van der Waals surface area contributed by atoms with Crippen LogP contribution in [0.5, 0.6) is 0 Å². The number of esters is 1. The van der Waals surface area contributed by atoms with Crippen LogP contribution in [0.2, 0.25) is 0 Å². The van der Waals surface area contributed by atoms with Gasteiger partial charge in [0, 0.05) is 5.56 Å². The normalized spacial score (nSPS) is 16.1. The number of carbonyl (C=O) groups excluding carboxylic acids is 1. The van der Waals surface area contributed by atoms with E-state index < -0.39 is 5.97 Å². The first-order valence-electron chi connectivity index (χ1n) is 7.82. The van der Waals surface area contributed by atoms with Gasteiger partial charge in [-0.2, -0.15) is 0 Å². The molecule has 0 aliphatic carbocycles. The fourth-order valence-electron chi connectivity index (χ4n) is 2.41. The largest absolute Gasteiger partial charge is 0.402 e. The van der Waals surface area contributed by atoms with Crippen molar-refractivity contribution in [1.29, 1.82) is 0 Å². The summed E-state index contributed by atoms with van der Waals surface area (Å²) < 4.78 is 18.9. The molecule has 128 valence electrons. The Labute approximate surface area is 154 Å².